The van der Waals surface area contributed by atoms with Crippen molar-refractivity contribution in [2.24, 2.45) is 0 Å². The summed E-state index contributed by atoms with van der Waals surface area (Å²) in [6.07, 6.45) is 1.20. The lowest BCUT2D eigenvalue weighted by Gasteiger charge is -2.04. The minimum absolute atomic E-state index is 0.669. The number of benzene rings is 2. The van der Waals surface area contributed by atoms with E-state index in [1.807, 2.05) is 0 Å². The van der Waals surface area contributed by atoms with Gasteiger partial charge in [0.25, 0.3) is 0 Å². The van der Waals surface area contributed by atoms with E-state index in [2.05, 4.69) is 75.5 Å². The number of hydrogen-bond acceptors (Lipinski definition) is 0. The van der Waals surface area contributed by atoms with Gasteiger partial charge in [0.05, 0.1) is 0 Å². The molecule has 1 aliphatic rings. The Morgan fingerprint density at radius 1 is 1.21 bits per heavy atom. The second-order valence-electron chi connectivity index (χ2n) is 3.68. The first-order valence-corrected chi connectivity index (χ1v) is 6.93. The molecule has 0 radical (unpaired) electrons. The van der Waals surface area contributed by atoms with Crippen LogP contribution in [0, 0.1) is 3.57 Å². The van der Waals surface area contributed by atoms with Crippen molar-refractivity contribution >= 4 is 56.0 Å². The molecule has 70 valence electrons. The minimum Gasteiger partial charge on any atom is -0.0770 e. The van der Waals surface area contributed by atoms with Crippen LogP contribution in [0.25, 0.3) is 10.8 Å². The highest BCUT2D eigenvalue weighted by atomic mass is 127. The van der Waals surface area contributed by atoms with Crippen molar-refractivity contribution < 1.29 is 0 Å². The molecule has 2 aromatic rings. The highest BCUT2D eigenvalue weighted by Crippen LogP contribution is 2.42. The summed E-state index contributed by atoms with van der Waals surface area (Å²) < 4.78 is 2.02. The Morgan fingerprint density at radius 2 is 2.07 bits per heavy atom. The molecule has 14 heavy (non-hydrogen) atoms. The van der Waals surface area contributed by atoms with E-state index in [9.17, 15) is 0 Å². The van der Waals surface area contributed by atoms with Gasteiger partial charge in [-0.1, -0.05) is 40.8 Å². The molecule has 1 unspecified atom stereocenters. The Bertz CT molecular complexity index is 517. The molecule has 3 rings (SSSR count). The van der Waals surface area contributed by atoms with Gasteiger partial charge in [0.1, 0.15) is 0 Å². The number of alkyl halides is 1. The molecule has 0 aromatic heterocycles. The van der Waals surface area contributed by atoms with E-state index in [1.54, 1.807) is 0 Å². The Hall–Kier alpha value is 0.160. The monoisotopic (exact) mass is 406 g/mol. The third-order valence-electron chi connectivity index (χ3n) is 2.80. The lowest BCUT2D eigenvalue weighted by molar-refractivity contribution is 1.03. The molecule has 0 fully saturated rings. The quantitative estimate of drug-likeness (QED) is 0.448. The topological polar surface area (TPSA) is 0 Å². The summed E-state index contributed by atoms with van der Waals surface area (Å²) in [6, 6.07) is 11.3. The highest BCUT2D eigenvalue weighted by molar-refractivity contribution is 14.1. The van der Waals surface area contributed by atoms with Gasteiger partial charge in [-0.2, -0.15) is 0 Å². The lowest BCUT2D eigenvalue weighted by Crippen LogP contribution is -1.84. The van der Waals surface area contributed by atoms with Crippen molar-refractivity contribution in [1.82, 2.24) is 0 Å². The number of hydrogen-bond donors (Lipinski definition) is 0. The summed E-state index contributed by atoms with van der Waals surface area (Å²) >= 11 is 4.96. The molecule has 0 saturated heterocycles. The SMILES string of the molecule is Ic1cc2c3c(cccc3c1)CC2I. The van der Waals surface area contributed by atoms with Crippen molar-refractivity contribution in [3.05, 3.63) is 45.0 Å². The van der Waals surface area contributed by atoms with Crippen LogP contribution < -0.4 is 0 Å². The van der Waals surface area contributed by atoms with Crippen molar-refractivity contribution in [1.29, 1.82) is 0 Å². The Labute approximate surface area is 110 Å². The molecule has 0 heterocycles. The third kappa shape index (κ3) is 1.30. The summed E-state index contributed by atoms with van der Waals surface area (Å²) in [7, 11) is 0. The molecule has 2 heteroatoms. The van der Waals surface area contributed by atoms with Gasteiger partial charge in [-0.25, -0.2) is 0 Å². The number of rotatable bonds is 0. The summed E-state index contributed by atoms with van der Waals surface area (Å²) in [5.74, 6) is 0. The molecular formula is C12H8I2. The molecule has 1 atom stereocenters. The molecule has 0 spiro atoms. The minimum atomic E-state index is 0.669. The van der Waals surface area contributed by atoms with Crippen LogP contribution in [0.1, 0.15) is 15.1 Å². The Morgan fingerprint density at radius 3 is 2.93 bits per heavy atom. The molecule has 2 aromatic carbocycles. The number of halogens is 2. The van der Waals surface area contributed by atoms with E-state index >= 15 is 0 Å². The van der Waals surface area contributed by atoms with Gasteiger partial charge >= 0.3 is 0 Å². The van der Waals surface area contributed by atoms with Crippen molar-refractivity contribution in [2.45, 2.75) is 10.3 Å². The van der Waals surface area contributed by atoms with Crippen LogP contribution >= 0.6 is 45.2 Å². The van der Waals surface area contributed by atoms with Gasteiger partial charge in [-0.3, -0.25) is 0 Å². The fourth-order valence-corrected chi connectivity index (χ4v) is 3.86. The zero-order valence-corrected chi connectivity index (χ0v) is 11.7. The maximum Gasteiger partial charge on any atom is 0.0406 e. The molecule has 0 nitrogen and oxygen atoms in total. The molecule has 1 aliphatic carbocycles. The van der Waals surface area contributed by atoms with Crippen molar-refractivity contribution in [3.8, 4) is 0 Å². The van der Waals surface area contributed by atoms with Crippen LogP contribution in [0.2, 0.25) is 0 Å². The maximum absolute atomic E-state index is 2.55. The first kappa shape index (κ1) is 9.39. The third-order valence-corrected chi connectivity index (χ3v) is 4.53. The Kier molecular flexibility index (Phi) is 2.24. The van der Waals surface area contributed by atoms with E-state index in [1.165, 1.54) is 31.9 Å². The van der Waals surface area contributed by atoms with E-state index in [0.717, 1.165) is 0 Å². The molecule has 0 N–H and O–H groups in total. The second-order valence-corrected chi connectivity index (χ2v) is 6.43. The Balaban J connectivity index is 2.50. The lowest BCUT2D eigenvalue weighted by atomic mass is 10.1. The molecule has 0 saturated carbocycles. The molecular weight excluding hydrogens is 398 g/mol. The molecule has 0 amide bonds. The van der Waals surface area contributed by atoms with E-state index in [4.69, 9.17) is 0 Å². The largest absolute Gasteiger partial charge is 0.0770 e. The predicted octanol–water partition coefficient (Wildman–Crippen LogP) is 4.48. The summed E-state index contributed by atoms with van der Waals surface area (Å²) in [6.45, 7) is 0. The van der Waals surface area contributed by atoms with Crippen molar-refractivity contribution in [2.75, 3.05) is 0 Å². The highest BCUT2D eigenvalue weighted by Gasteiger charge is 2.21. The van der Waals surface area contributed by atoms with Gasteiger partial charge in [0, 0.05) is 7.49 Å². The maximum atomic E-state index is 2.55. The van der Waals surface area contributed by atoms with Crippen LogP contribution in [-0.2, 0) is 6.42 Å². The van der Waals surface area contributed by atoms with Crippen molar-refractivity contribution in [3.63, 3.8) is 0 Å². The van der Waals surface area contributed by atoms with Gasteiger partial charge in [0.2, 0.25) is 0 Å². The standard InChI is InChI=1S/C12H8I2/c13-9-4-7-2-1-3-8-5-11(14)10(6-9)12(7)8/h1-4,6,11H,5H2. The van der Waals surface area contributed by atoms with E-state index in [-0.39, 0.29) is 0 Å². The van der Waals surface area contributed by atoms with Crippen LogP contribution in [0.3, 0.4) is 0 Å². The first-order valence-electron chi connectivity index (χ1n) is 4.61. The van der Waals surface area contributed by atoms with E-state index in [0.29, 0.717) is 3.92 Å². The van der Waals surface area contributed by atoms with Crippen LogP contribution in [0.5, 0.6) is 0 Å². The van der Waals surface area contributed by atoms with Crippen LogP contribution in [0.4, 0.5) is 0 Å². The normalized spacial score (nSPS) is 19.1. The van der Waals surface area contributed by atoms with Gasteiger partial charge in [-0.15, -0.1) is 0 Å². The average molecular weight is 406 g/mol. The summed E-state index contributed by atoms with van der Waals surface area (Å²) in [5.41, 5.74) is 3.05. The predicted molar refractivity (Wildman–Crippen MR) is 77.1 cm³/mol. The van der Waals surface area contributed by atoms with Gasteiger partial charge in [0.15, 0.2) is 0 Å². The first-order chi connectivity index (χ1) is 6.75. The smallest absolute Gasteiger partial charge is 0.0406 e. The van der Waals surface area contributed by atoms with Gasteiger partial charge in [-0.05, 0) is 63.0 Å². The fourth-order valence-electron chi connectivity index (χ4n) is 2.22. The molecule has 0 bridgehead atoms. The zero-order chi connectivity index (χ0) is 9.71. The van der Waals surface area contributed by atoms with Gasteiger partial charge < -0.3 is 0 Å². The molecule has 0 aliphatic heterocycles. The van der Waals surface area contributed by atoms with Crippen LogP contribution in [0.15, 0.2) is 30.3 Å². The second kappa shape index (κ2) is 3.33. The fraction of sp³-hybridized carbons (Fsp3) is 0.167. The summed E-state index contributed by atoms with van der Waals surface area (Å²) in [4.78, 5) is 0. The zero-order valence-electron chi connectivity index (χ0n) is 7.43. The van der Waals surface area contributed by atoms with Crippen LogP contribution in [-0.4, -0.2) is 0 Å². The van der Waals surface area contributed by atoms with E-state index < -0.39 is 0 Å². The average Bonchev–Trinajstić information content (AvgIpc) is 2.45. The summed E-state index contributed by atoms with van der Waals surface area (Å²) in [5, 5.41) is 2.91.